The molecule has 5 atom stereocenters. The van der Waals surface area contributed by atoms with Crippen LogP contribution in [0.25, 0.3) is 0 Å². The van der Waals surface area contributed by atoms with Gasteiger partial charge in [0.25, 0.3) is 0 Å². The lowest BCUT2D eigenvalue weighted by Crippen LogP contribution is -2.64. The molecule has 55 heavy (non-hydrogen) atoms. The van der Waals surface area contributed by atoms with Crippen molar-refractivity contribution in [3.05, 3.63) is 0 Å². The molecule has 13 nitrogen and oxygen atoms in total. The fraction of sp³-hybridized carbons (Fsp3) is 0.976. The largest absolute Gasteiger partial charge is 0.394 e. The summed E-state index contributed by atoms with van der Waals surface area (Å²) in [7, 11) is 0. The average molecular weight is 786 g/mol. The number of ether oxygens (including phenoxy) is 8. The molecular weight excluding hydrogens is 710 g/mol. The minimum Gasteiger partial charge on any atom is -0.394 e. The highest BCUT2D eigenvalue weighted by atomic mass is 16.7. The Morgan fingerprint density at radius 1 is 0.564 bits per heavy atom. The van der Waals surface area contributed by atoms with Gasteiger partial charge < -0.3 is 58.5 Å². The lowest BCUT2D eigenvalue weighted by molar-refractivity contribution is -0.274. The number of carbonyl (C=O) groups excluding carboxylic acids is 1. The van der Waals surface area contributed by atoms with E-state index in [1.165, 1.54) is 84.0 Å². The molecule has 0 bridgehead atoms. The Morgan fingerprint density at radius 2 is 0.945 bits per heavy atom. The second kappa shape index (κ2) is 25.5. The zero-order valence-corrected chi connectivity index (χ0v) is 33.7. The van der Waals surface area contributed by atoms with Crippen molar-refractivity contribution in [2.24, 2.45) is 5.92 Å². The molecule has 4 aliphatic carbocycles. The maximum absolute atomic E-state index is 12.1. The number of nitrogens with one attached hydrogen (secondary N) is 1. The van der Waals surface area contributed by atoms with Crippen LogP contribution >= 0.6 is 0 Å². The van der Waals surface area contributed by atoms with E-state index in [9.17, 15) is 20.1 Å². The van der Waals surface area contributed by atoms with Gasteiger partial charge in [0, 0.05) is 12.8 Å². The first-order valence-corrected chi connectivity index (χ1v) is 22.1. The molecule has 0 spiro atoms. The molecule has 1 heterocycles. The van der Waals surface area contributed by atoms with Gasteiger partial charge in [-0.05, 0) is 51.4 Å². The molecule has 5 fully saturated rings. The Labute approximate surface area is 330 Å². The Hall–Kier alpha value is -0.970. The summed E-state index contributed by atoms with van der Waals surface area (Å²) >= 11 is 0. The minimum absolute atomic E-state index is 0.0983. The Morgan fingerprint density at radius 3 is 1.29 bits per heavy atom. The smallest absolute Gasteiger partial charge is 0.217 e. The standard InChI is InChI=1S/C42H75NO12/c1-30(45)43-39-41(47)40(46)38(22-44)55-42(39)54-25-31(23-48-36(26-50-32-14-6-2-7-15-32)27-51-33-16-8-3-9-17-33)24-49-37(28-52-34-18-10-4-11-19-34)29-53-35-20-12-5-13-21-35/h31-42,44,46-47H,2-29H2,1H3,(H,43,45)/t38-,39-,40-,41-,42-/m1/s1. The number of hydrogen-bond acceptors (Lipinski definition) is 12. The third-order valence-corrected chi connectivity index (χ3v) is 12.2. The summed E-state index contributed by atoms with van der Waals surface area (Å²) in [4.78, 5) is 12.1. The van der Waals surface area contributed by atoms with Crippen molar-refractivity contribution in [3.63, 3.8) is 0 Å². The van der Waals surface area contributed by atoms with Crippen molar-refractivity contribution >= 4 is 5.91 Å². The number of hydrogen-bond donors (Lipinski definition) is 4. The minimum atomic E-state index is -1.40. The molecule has 4 N–H and O–H groups in total. The number of rotatable bonds is 23. The summed E-state index contributed by atoms with van der Waals surface area (Å²) in [6, 6.07) is -1.04. The van der Waals surface area contributed by atoms with Gasteiger partial charge in [0.15, 0.2) is 6.29 Å². The molecule has 5 aliphatic rings. The van der Waals surface area contributed by atoms with Gasteiger partial charge in [-0.25, -0.2) is 0 Å². The van der Waals surface area contributed by atoms with E-state index in [1.54, 1.807) is 0 Å². The summed E-state index contributed by atoms with van der Waals surface area (Å²) in [6.45, 7) is 3.23. The molecule has 0 aromatic rings. The van der Waals surface area contributed by atoms with Crippen molar-refractivity contribution in [3.8, 4) is 0 Å². The molecule has 1 aliphatic heterocycles. The monoisotopic (exact) mass is 786 g/mol. The molecule has 5 rings (SSSR count). The van der Waals surface area contributed by atoms with Gasteiger partial charge in [-0.3, -0.25) is 4.79 Å². The molecule has 320 valence electrons. The van der Waals surface area contributed by atoms with E-state index in [0.717, 1.165) is 51.4 Å². The van der Waals surface area contributed by atoms with Crippen LogP contribution in [0.5, 0.6) is 0 Å². The molecular formula is C42H75NO12. The van der Waals surface area contributed by atoms with Gasteiger partial charge in [0.2, 0.25) is 5.91 Å². The lowest BCUT2D eigenvalue weighted by atomic mass is 9.97. The van der Waals surface area contributed by atoms with Crippen LogP contribution in [0, 0.1) is 5.92 Å². The van der Waals surface area contributed by atoms with Gasteiger partial charge in [0.05, 0.1) is 77.3 Å². The summed E-state index contributed by atoms with van der Waals surface area (Å²) in [6.07, 6.45) is 18.5. The summed E-state index contributed by atoms with van der Waals surface area (Å²) in [5.41, 5.74) is 0. The fourth-order valence-corrected chi connectivity index (χ4v) is 8.72. The van der Waals surface area contributed by atoms with Crippen molar-refractivity contribution in [2.75, 3.05) is 52.9 Å². The van der Waals surface area contributed by atoms with Crippen LogP contribution in [-0.4, -0.2) is 141 Å². The van der Waals surface area contributed by atoms with Gasteiger partial charge in [-0.15, -0.1) is 0 Å². The maximum Gasteiger partial charge on any atom is 0.217 e. The summed E-state index contributed by atoms with van der Waals surface area (Å²) in [5.74, 6) is -0.700. The number of aliphatic hydroxyl groups is 3. The highest BCUT2D eigenvalue weighted by molar-refractivity contribution is 5.73. The van der Waals surface area contributed by atoms with Crippen molar-refractivity contribution < 1.29 is 58.0 Å². The Kier molecular flexibility index (Phi) is 20.9. The first-order valence-electron chi connectivity index (χ1n) is 22.1. The maximum atomic E-state index is 12.1. The van der Waals surface area contributed by atoms with E-state index in [-0.39, 0.29) is 62.4 Å². The zero-order chi connectivity index (χ0) is 38.7. The third-order valence-electron chi connectivity index (χ3n) is 12.2. The summed E-state index contributed by atoms with van der Waals surface area (Å²) in [5, 5.41) is 34.0. The van der Waals surface area contributed by atoms with Crippen LogP contribution < -0.4 is 5.32 Å². The van der Waals surface area contributed by atoms with E-state index < -0.39 is 43.2 Å². The molecule has 0 aromatic carbocycles. The SMILES string of the molecule is CC(=O)N[C@H]1[C@H](OCC(COC(COC2CCCCC2)COC2CCCCC2)COC(COC2CCCCC2)COC2CCCCC2)O[C@H](CO)[C@@H](O)[C@@H]1O. The van der Waals surface area contributed by atoms with E-state index in [1.807, 2.05) is 0 Å². The molecule has 1 saturated heterocycles. The zero-order valence-electron chi connectivity index (χ0n) is 33.7. The molecule has 0 unspecified atom stereocenters. The molecule has 0 radical (unpaired) electrons. The predicted octanol–water partition coefficient (Wildman–Crippen LogP) is 4.73. The van der Waals surface area contributed by atoms with Gasteiger partial charge in [-0.1, -0.05) is 77.0 Å². The van der Waals surface area contributed by atoms with E-state index in [4.69, 9.17) is 37.9 Å². The molecule has 4 saturated carbocycles. The molecule has 1 amide bonds. The van der Waals surface area contributed by atoms with Crippen LogP contribution in [0.1, 0.15) is 135 Å². The van der Waals surface area contributed by atoms with E-state index in [0.29, 0.717) is 26.4 Å². The topological polar surface area (TPSA) is 164 Å². The van der Waals surface area contributed by atoms with Gasteiger partial charge in [0.1, 0.15) is 36.6 Å². The van der Waals surface area contributed by atoms with Crippen LogP contribution in [0.15, 0.2) is 0 Å². The van der Waals surface area contributed by atoms with Gasteiger partial charge >= 0.3 is 0 Å². The summed E-state index contributed by atoms with van der Waals surface area (Å²) < 4.78 is 51.1. The first kappa shape index (κ1) is 45.1. The van der Waals surface area contributed by atoms with E-state index >= 15 is 0 Å². The van der Waals surface area contributed by atoms with Crippen LogP contribution in [0.3, 0.4) is 0 Å². The van der Waals surface area contributed by atoms with Crippen LogP contribution in [-0.2, 0) is 42.7 Å². The third kappa shape index (κ3) is 16.3. The highest BCUT2D eigenvalue weighted by Gasteiger charge is 2.45. The number of aliphatic hydroxyl groups excluding tert-OH is 3. The molecule has 0 aromatic heterocycles. The first-order chi connectivity index (χ1) is 26.9. The van der Waals surface area contributed by atoms with Crippen molar-refractivity contribution in [1.29, 1.82) is 0 Å². The van der Waals surface area contributed by atoms with Crippen molar-refractivity contribution in [1.82, 2.24) is 5.32 Å². The second-order valence-electron chi connectivity index (χ2n) is 16.9. The average Bonchev–Trinajstić information content (AvgIpc) is 3.22. The Balaban J connectivity index is 1.25. The Bertz CT molecular complexity index is 920. The second-order valence-corrected chi connectivity index (χ2v) is 16.9. The van der Waals surface area contributed by atoms with Crippen LogP contribution in [0.4, 0.5) is 0 Å². The van der Waals surface area contributed by atoms with Crippen LogP contribution in [0.2, 0.25) is 0 Å². The fourth-order valence-electron chi connectivity index (χ4n) is 8.72. The molecule has 13 heteroatoms. The number of amides is 1. The number of carbonyl (C=O) groups is 1. The van der Waals surface area contributed by atoms with E-state index in [2.05, 4.69) is 5.32 Å². The van der Waals surface area contributed by atoms with Gasteiger partial charge in [-0.2, -0.15) is 0 Å². The lowest BCUT2D eigenvalue weighted by Gasteiger charge is -2.42. The predicted molar refractivity (Wildman–Crippen MR) is 206 cm³/mol. The van der Waals surface area contributed by atoms with Crippen molar-refractivity contribution in [2.45, 2.75) is 203 Å². The quantitative estimate of drug-likeness (QED) is 0.113. The highest BCUT2D eigenvalue weighted by Crippen LogP contribution is 2.26. The normalized spacial score (nSPS) is 28.4.